The van der Waals surface area contributed by atoms with Crippen molar-refractivity contribution in [3.63, 3.8) is 0 Å². The van der Waals surface area contributed by atoms with Crippen molar-refractivity contribution in [2.24, 2.45) is 0 Å². The molecule has 0 fully saturated rings. The standard InChI is InChI=1S/C15H17ClN2/c1-11-8-14(9-12(2)17-11)18-15(10-16)13-6-4-3-5-7-13/h3-9,15H,10H2,1-2H3,(H,17,18). The molecule has 2 nitrogen and oxygen atoms in total. The summed E-state index contributed by atoms with van der Waals surface area (Å²) in [4.78, 5) is 4.37. The van der Waals surface area contributed by atoms with Crippen molar-refractivity contribution in [2.75, 3.05) is 11.2 Å². The van der Waals surface area contributed by atoms with Crippen molar-refractivity contribution in [1.82, 2.24) is 4.98 Å². The zero-order valence-electron chi connectivity index (χ0n) is 10.7. The number of pyridine rings is 1. The van der Waals surface area contributed by atoms with E-state index in [1.165, 1.54) is 5.56 Å². The molecule has 1 N–H and O–H groups in total. The average Bonchev–Trinajstić information content (AvgIpc) is 2.36. The van der Waals surface area contributed by atoms with Gasteiger partial charge in [-0.25, -0.2) is 0 Å². The third-order valence-electron chi connectivity index (χ3n) is 2.78. The first-order chi connectivity index (χ1) is 8.69. The van der Waals surface area contributed by atoms with E-state index in [1.807, 2.05) is 44.2 Å². The Kier molecular flexibility index (Phi) is 4.21. The van der Waals surface area contributed by atoms with Crippen molar-refractivity contribution < 1.29 is 0 Å². The summed E-state index contributed by atoms with van der Waals surface area (Å²) in [6.07, 6.45) is 0. The number of halogens is 1. The molecule has 1 heterocycles. The average molecular weight is 261 g/mol. The molecule has 0 radical (unpaired) electrons. The molecule has 0 saturated carbocycles. The zero-order valence-corrected chi connectivity index (χ0v) is 11.4. The highest BCUT2D eigenvalue weighted by molar-refractivity contribution is 6.18. The monoisotopic (exact) mass is 260 g/mol. The molecule has 0 saturated heterocycles. The molecule has 0 aliphatic carbocycles. The Labute approximate surface area is 113 Å². The summed E-state index contributed by atoms with van der Waals surface area (Å²) < 4.78 is 0. The number of alkyl halides is 1. The largest absolute Gasteiger partial charge is 0.377 e. The molecule has 0 aliphatic heterocycles. The number of hydrogen-bond acceptors (Lipinski definition) is 2. The second-order valence-electron chi connectivity index (χ2n) is 4.40. The molecule has 2 aromatic rings. The van der Waals surface area contributed by atoms with Gasteiger partial charge in [0.05, 0.1) is 6.04 Å². The number of aromatic nitrogens is 1. The minimum Gasteiger partial charge on any atom is -0.377 e. The number of nitrogens with zero attached hydrogens (tertiary/aromatic N) is 1. The van der Waals surface area contributed by atoms with Gasteiger partial charge in [0.15, 0.2) is 0 Å². The zero-order chi connectivity index (χ0) is 13.0. The van der Waals surface area contributed by atoms with Gasteiger partial charge in [0, 0.05) is 23.0 Å². The van der Waals surface area contributed by atoms with Crippen LogP contribution in [0.1, 0.15) is 23.0 Å². The summed E-state index contributed by atoms with van der Waals surface area (Å²) in [7, 11) is 0. The lowest BCUT2D eigenvalue weighted by Gasteiger charge is -2.18. The molecule has 0 spiro atoms. The molecule has 0 bridgehead atoms. The Bertz CT molecular complexity index is 491. The highest BCUT2D eigenvalue weighted by Gasteiger charge is 2.10. The third-order valence-corrected chi connectivity index (χ3v) is 3.09. The smallest absolute Gasteiger partial charge is 0.0649 e. The topological polar surface area (TPSA) is 24.9 Å². The normalized spacial score (nSPS) is 12.2. The van der Waals surface area contributed by atoms with E-state index in [0.29, 0.717) is 5.88 Å². The highest BCUT2D eigenvalue weighted by atomic mass is 35.5. The molecule has 18 heavy (non-hydrogen) atoms. The van der Waals surface area contributed by atoms with Crippen molar-refractivity contribution in [1.29, 1.82) is 0 Å². The van der Waals surface area contributed by atoms with Gasteiger partial charge in [0.1, 0.15) is 0 Å². The molecule has 1 aromatic heterocycles. The van der Waals surface area contributed by atoms with Gasteiger partial charge in [-0.3, -0.25) is 4.98 Å². The Morgan fingerprint density at radius 1 is 1.11 bits per heavy atom. The highest BCUT2D eigenvalue weighted by Crippen LogP contribution is 2.21. The maximum atomic E-state index is 6.05. The molecule has 1 aromatic carbocycles. The van der Waals surface area contributed by atoms with Gasteiger partial charge in [-0.15, -0.1) is 11.6 Å². The van der Waals surface area contributed by atoms with Crippen LogP contribution in [0.25, 0.3) is 0 Å². The van der Waals surface area contributed by atoms with Crippen LogP contribution in [0.15, 0.2) is 42.5 Å². The number of anilines is 1. The van der Waals surface area contributed by atoms with Crippen LogP contribution in [0.5, 0.6) is 0 Å². The van der Waals surface area contributed by atoms with E-state index in [2.05, 4.69) is 22.4 Å². The minimum absolute atomic E-state index is 0.120. The molecule has 0 amide bonds. The Morgan fingerprint density at radius 2 is 1.72 bits per heavy atom. The van der Waals surface area contributed by atoms with Crippen LogP contribution in [-0.4, -0.2) is 10.9 Å². The van der Waals surface area contributed by atoms with E-state index < -0.39 is 0 Å². The predicted octanol–water partition coefficient (Wildman–Crippen LogP) is 4.09. The fraction of sp³-hybridized carbons (Fsp3) is 0.267. The lowest BCUT2D eigenvalue weighted by Crippen LogP contribution is -2.12. The first-order valence-electron chi connectivity index (χ1n) is 6.02. The van der Waals surface area contributed by atoms with Gasteiger partial charge in [0.2, 0.25) is 0 Å². The van der Waals surface area contributed by atoms with Gasteiger partial charge in [0.25, 0.3) is 0 Å². The van der Waals surface area contributed by atoms with Crippen LogP contribution in [-0.2, 0) is 0 Å². The summed E-state index contributed by atoms with van der Waals surface area (Å²) >= 11 is 6.05. The van der Waals surface area contributed by atoms with E-state index in [-0.39, 0.29) is 6.04 Å². The van der Waals surface area contributed by atoms with Crippen molar-refractivity contribution in [3.8, 4) is 0 Å². The fourth-order valence-electron chi connectivity index (χ4n) is 2.02. The summed E-state index contributed by atoms with van der Waals surface area (Å²) in [5.41, 5.74) is 4.28. The van der Waals surface area contributed by atoms with E-state index in [1.54, 1.807) is 0 Å². The minimum atomic E-state index is 0.120. The van der Waals surface area contributed by atoms with E-state index >= 15 is 0 Å². The van der Waals surface area contributed by atoms with Gasteiger partial charge >= 0.3 is 0 Å². The van der Waals surface area contributed by atoms with Gasteiger partial charge < -0.3 is 5.32 Å². The van der Waals surface area contributed by atoms with Crippen molar-refractivity contribution in [3.05, 3.63) is 59.4 Å². The molecular formula is C15H17ClN2. The lowest BCUT2D eigenvalue weighted by atomic mass is 10.1. The summed E-state index contributed by atoms with van der Waals surface area (Å²) in [6.45, 7) is 3.99. The number of hydrogen-bond donors (Lipinski definition) is 1. The summed E-state index contributed by atoms with van der Waals surface area (Å²) in [6, 6.07) is 14.4. The Morgan fingerprint density at radius 3 is 2.28 bits per heavy atom. The number of aryl methyl sites for hydroxylation is 2. The number of rotatable bonds is 4. The van der Waals surface area contributed by atoms with Gasteiger partial charge in [-0.2, -0.15) is 0 Å². The van der Waals surface area contributed by atoms with Crippen LogP contribution in [0.4, 0.5) is 5.69 Å². The fourth-order valence-corrected chi connectivity index (χ4v) is 2.27. The number of benzene rings is 1. The summed E-state index contributed by atoms with van der Waals surface area (Å²) in [5, 5.41) is 3.45. The molecule has 94 valence electrons. The van der Waals surface area contributed by atoms with Gasteiger partial charge in [-0.05, 0) is 31.5 Å². The molecule has 0 aliphatic rings. The molecule has 2 rings (SSSR count). The lowest BCUT2D eigenvalue weighted by molar-refractivity contribution is 0.890. The van der Waals surface area contributed by atoms with E-state index in [0.717, 1.165) is 17.1 Å². The third kappa shape index (κ3) is 3.23. The van der Waals surface area contributed by atoms with Crippen LogP contribution in [0.3, 0.4) is 0 Å². The Hall–Kier alpha value is -1.54. The summed E-state index contributed by atoms with van der Waals surface area (Å²) in [5.74, 6) is 0.532. The van der Waals surface area contributed by atoms with E-state index in [9.17, 15) is 0 Å². The maximum Gasteiger partial charge on any atom is 0.0649 e. The molecule has 1 atom stereocenters. The van der Waals surface area contributed by atoms with Crippen LogP contribution >= 0.6 is 11.6 Å². The van der Waals surface area contributed by atoms with Crippen LogP contribution in [0, 0.1) is 13.8 Å². The predicted molar refractivity (Wildman–Crippen MR) is 77.2 cm³/mol. The molecular weight excluding hydrogens is 244 g/mol. The second kappa shape index (κ2) is 5.87. The second-order valence-corrected chi connectivity index (χ2v) is 4.71. The first-order valence-corrected chi connectivity index (χ1v) is 6.55. The molecule has 1 unspecified atom stereocenters. The number of nitrogens with one attached hydrogen (secondary N) is 1. The van der Waals surface area contributed by atoms with Crippen molar-refractivity contribution in [2.45, 2.75) is 19.9 Å². The van der Waals surface area contributed by atoms with Crippen molar-refractivity contribution >= 4 is 17.3 Å². The van der Waals surface area contributed by atoms with Crippen LogP contribution in [0.2, 0.25) is 0 Å². The first kappa shape index (κ1) is 12.9. The van der Waals surface area contributed by atoms with Gasteiger partial charge in [-0.1, -0.05) is 30.3 Å². The van der Waals surface area contributed by atoms with Crippen LogP contribution < -0.4 is 5.32 Å². The quantitative estimate of drug-likeness (QED) is 0.838. The van der Waals surface area contributed by atoms with E-state index in [4.69, 9.17) is 11.6 Å². The molecule has 3 heteroatoms. The maximum absolute atomic E-state index is 6.05. The SMILES string of the molecule is Cc1cc(NC(CCl)c2ccccc2)cc(C)n1. The Balaban J connectivity index is 2.20.